The van der Waals surface area contributed by atoms with Gasteiger partial charge >= 0.3 is 0 Å². The Kier molecular flexibility index (Phi) is 9.15. The molecule has 0 saturated carbocycles. The Hall–Kier alpha value is -1.16. The minimum atomic E-state index is -1.50. The minimum Gasteiger partial charge on any atom is -0.394 e. The zero-order valence-corrected chi connectivity index (χ0v) is 13.1. The van der Waals surface area contributed by atoms with Crippen LogP contribution in [0.4, 0.5) is 0 Å². The maximum atomic E-state index is 9.87. The maximum absolute atomic E-state index is 9.87. The van der Waals surface area contributed by atoms with Crippen LogP contribution in [0.25, 0.3) is 0 Å². The summed E-state index contributed by atoms with van der Waals surface area (Å²) in [5.41, 5.74) is 0. The molecular weight excluding hydrogens is 304 g/mol. The summed E-state index contributed by atoms with van der Waals surface area (Å²) in [4.78, 5) is 0. The van der Waals surface area contributed by atoms with E-state index in [1.165, 1.54) is 0 Å². The molecule has 0 radical (unpaired) electrons. The Balaban J connectivity index is 2.50. The lowest BCUT2D eigenvalue weighted by Crippen LogP contribution is -2.59. The zero-order chi connectivity index (χ0) is 17.2. The van der Waals surface area contributed by atoms with Crippen molar-refractivity contribution in [3.8, 4) is 23.7 Å². The third-order valence-corrected chi connectivity index (χ3v) is 3.48. The van der Waals surface area contributed by atoms with Crippen LogP contribution in [0.15, 0.2) is 0 Å². The average molecular weight is 328 g/mol. The summed E-state index contributed by atoms with van der Waals surface area (Å²) in [6.07, 6.45) is -5.57. The Labute approximate surface area is 135 Å². The van der Waals surface area contributed by atoms with E-state index in [-0.39, 0.29) is 6.61 Å². The first kappa shape index (κ1) is 19.9. The fraction of sp³-hybridized carbons (Fsp3) is 0.750. The minimum absolute atomic E-state index is 0.294. The van der Waals surface area contributed by atoms with E-state index in [4.69, 9.17) is 14.6 Å². The highest BCUT2D eigenvalue weighted by Crippen LogP contribution is 2.23. The van der Waals surface area contributed by atoms with Crippen LogP contribution in [-0.2, 0) is 9.47 Å². The van der Waals surface area contributed by atoms with E-state index < -0.39 is 43.4 Å². The molecule has 0 aromatic carbocycles. The highest BCUT2D eigenvalue weighted by atomic mass is 16.7. The van der Waals surface area contributed by atoms with Gasteiger partial charge in [0.2, 0.25) is 0 Å². The summed E-state index contributed by atoms with van der Waals surface area (Å²) in [6.45, 7) is 0.880. The lowest BCUT2D eigenvalue weighted by atomic mass is 9.99. The molecule has 5 N–H and O–H groups in total. The first-order chi connectivity index (χ1) is 11.0. The van der Waals surface area contributed by atoms with Crippen molar-refractivity contribution < 1.29 is 35.0 Å². The Morgan fingerprint density at radius 2 is 1.83 bits per heavy atom. The van der Waals surface area contributed by atoms with Crippen molar-refractivity contribution >= 4 is 0 Å². The normalized spacial score (nSPS) is 31.5. The molecule has 1 saturated heterocycles. The van der Waals surface area contributed by atoms with Crippen LogP contribution < -0.4 is 0 Å². The smallest absolute Gasteiger partial charge is 0.187 e. The van der Waals surface area contributed by atoms with Crippen LogP contribution in [0.1, 0.15) is 26.2 Å². The molecule has 1 aliphatic heterocycles. The second-order valence-electron chi connectivity index (χ2n) is 5.21. The monoisotopic (exact) mass is 328 g/mol. The molecule has 23 heavy (non-hydrogen) atoms. The fourth-order valence-electron chi connectivity index (χ4n) is 2.16. The summed E-state index contributed by atoms with van der Waals surface area (Å²) in [7, 11) is 0. The van der Waals surface area contributed by atoms with Gasteiger partial charge in [0.05, 0.1) is 19.3 Å². The third-order valence-electron chi connectivity index (χ3n) is 3.48. The predicted octanol–water partition coefficient (Wildman–Crippen LogP) is -1.64. The molecule has 1 heterocycles. The SMILES string of the molecule is CC#CC#CCCCC(CO)O[C@@H]1OC(CO)[C@@H](O)C(O)C1O. The van der Waals surface area contributed by atoms with Crippen LogP contribution >= 0.6 is 0 Å². The number of hydrogen-bond donors (Lipinski definition) is 5. The number of aliphatic hydroxyl groups is 5. The number of aliphatic hydroxyl groups excluding tert-OH is 5. The first-order valence-electron chi connectivity index (χ1n) is 7.51. The molecule has 0 amide bonds. The molecule has 0 bridgehead atoms. The van der Waals surface area contributed by atoms with E-state index >= 15 is 0 Å². The number of ether oxygens (including phenoxy) is 2. The maximum Gasteiger partial charge on any atom is 0.187 e. The lowest BCUT2D eigenvalue weighted by Gasteiger charge is -2.40. The second-order valence-corrected chi connectivity index (χ2v) is 5.21. The van der Waals surface area contributed by atoms with E-state index in [1.807, 2.05) is 0 Å². The van der Waals surface area contributed by atoms with E-state index in [9.17, 15) is 20.4 Å². The first-order valence-corrected chi connectivity index (χ1v) is 7.51. The summed E-state index contributed by atoms with van der Waals surface area (Å²) >= 11 is 0. The van der Waals surface area contributed by atoms with E-state index in [2.05, 4.69) is 23.7 Å². The topological polar surface area (TPSA) is 120 Å². The van der Waals surface area contributed by atoms with Crippen molar-refractivity contribution in [1.29, 1.82) is 0 Å². The summed E-state index contributed by atoms with van der Waals surface area (Å²) in [6, 6.07) is 0. The van der Waals surface area contributed by atoms with Gasteiger partial charge in [-0.1, -0.05) is 11.8 Å². The van der Waals surface area contributed by atoms with Gasteiger partial charge < -0.3 is 35.0 Å². The molecular formula is C16H24O7. The van der Waals surface area contributed by atoms with Crippen molar-refractivity contribution in [2.75, 3.05) is 13.2 Å². The van der Waals surface area contributed by atoms with Gasteiger partial charge in [0.25, 0.3) is 0 Å². The zero-order valence-electron chi connectivity index (χ0n) is 13.1. The largest absolute Gasteiger partial charge is 0.394 e. The molecule has 130 valence electrons. The molecule has 1 rings (SSSR count). The molecule has 1 fully saturated rings. The Morgan fingerprint density at radius 1 is 1.09 bits per heavy atom. The molecule has 0 aromatic heterocycles. The van der Waals surface area contributed by atoms with Crippen molar-refractivity contribution in [3.63, 3.8) is 0 Å². The third kappa shape index (κ3) is 6.09. The van der Waals surface area contributed by atoms with Crippen molar-refractivity contribution in [2.24, 2.45) is 0 Å². The number of unbranched alkanes of at least 4 members (excludes halogenated alkanes) is 1. The standard InChI is InChI=1S/C16H24O7/c1-2-3-4-5-6-7-8-11(9-17)22-16-15(21)14(20)13(19)12(10-18)23-16/h11-21H,6-10H2,1H3/t11?,12?,13-,14?,15?,16-/m1/s1. The summed E-state index contributed by atoms with van der Waals surface area (Å²) in [5, 5.41) is 47.7. The van der Waals surface area contributed by atoms with Gasteiger partial charge in [0, 0.05) is 6.42 Å². The van der Waals surface area contributed by atoms with Gasteiger partial charge in [0.15, 0.2) is 6.29 Å². The molecule has 0 aliphatic carbocycles. The van der Waals surface area contributed by atoms with Gasteiger partial charge in [-0.05, 0) is 31.6 Å². The quantitative estimate of drug-likeness (QED) is 0.281. The van der Waals surface area contributed by atoms with Crippen molar-refractivity contribution in [1.82, 2.24) is 0 Å². The van der Waals surface area contributed by atoms with E-state index in [1.54, 1.807) is 6.92 Å². The second kappa shape index (κ2) is 10.6. The van der Waals surface area contributed by atoms with Gasteiger partial charge in [-0.2, -0.15) is 0 Å². The van der Waals surface area contributed by atoms with Crippen LogP contribution in [0.2, 0.25) is 0 Å². The van der Waals surface area contributed by atoms with Gasteiger partial charge in [-0.25, -0.2) is 0 Å². The van der Waals surface area contributed by atoms with E-state index in [0.717, 1.165) is 0 Å². The predicted molar refractivity (Wildman–Crippen MR) is 80.8 cm³/mol. The molecule has 4 unspecified atom stereocenters. The highest BCUT2D eigenvalue weighted by Gasteiger charge is 2.44. The average Bonchev–Trinajstić information content (AvgIpc) is 2.56. The molecule has 0 aromatic rings. The molecule has 7 nitrogen and oxygen atoms in total. The number of hydrogen-bond acceptors (Lipinski definition) is 7. The molecule has 7 heteroatoms. The summed E-state index contributed by atoms with van der Waals surface area (Å²) in [5.74, 6) is 10.8. The highest BCUT2D eigenvalue weighted by molar-refractivity contribution is 5.24. The van der Waals surface area contributed by atoms with Crippen LogP contribution in [0, 0.1) is 23.7 Å². The molecule has 1 aliphatic rings. The number of rotatable bonds is 7. The lowest BCUT2D eigenvalue weighted by molar-refractivity contribution is -0.313. The van der Waals surface area contributed by atoms with Crippen molar-refractivity contribution in [2.45, 2.75) is 63.0 Å². The van der Waals surface area contributed by atoms with Gasteiger partial charge in [-0.15, -0.1) is 0 Å². The van der Waals surface area contributed by atoms with Gasteiger partial charge in [0.1, 0.15) is 24.4 Å². The van der Waals surface area contributed by atoms with E-state index in [0.29, 0.717) is 19.3 Å². The van der Waals surface area contributed by atoms with Gasteiger partial charge in [-0.3, -0.25) is 0 Å². The van der Waals surface area contributed by atoms with Crippen LogP contribution in [0.5, 0.6) is 0 Å². The molecule has 0 spiro atoms. The van der Waals surface area contributed by atoms with Crippen LogP contribution in [0.3, 0.4) is 0 Å². The Morgan fingerprint density at radius 3 is 2.43 bits per heavy atom. The summed E-state index contributed by atoms with van der Waals surface area (Å²) < 4.78 is 10.7. The fourth-order valence-corrected chi connectivity index (χ4v) is 2.16. The Bertz CT molecular complexity index is 457. The van der Waals surface area contributed by atoms with Crippen molar-refractivity contribution in [3.05, 3.63) is 0 Å². The van der Waals surface area contributed by atoms with Crippen LogP contribution in [-0.4, -0.2) is 75.6 Å². The molecule has 6 atom stereocenters.